The third-order valence-corrected chi connectivity index (χ3v) is 3.52. The van der Waals surface area contributed by atoms with Gasteiger partial charge in [0.1, 0.15) is 0 Å². The van der Waals surface area contributed by atoms with E-state index in [1.54, 1.807) is 0 Å². The Kier molecular flexibility index (Phi) is 3.41. The van der Waals surface area contributed by atoms with E-state index in [-0.39, 0.29) is 5.92 Å². The average molecular weight is 208 g/mol. The summed E-state index contributed by atoms with van der Waals surface area (Å²) < 4.78 is 0. The molecule has 1 amide bonds. The lowest BCUT2D eigenvalue weighted by Crippen LogP contribution is -2.48. The number of hydrogen-bond acceptors (Lipinski definition) is 2. The number of hydrogen-bond donors (Lipinski definition) is 1. The molecular formula is C12H20N2O. The Labute approximate surface area is 91.5 Å². The summed E-state index contributed by atoms with van der Waals surface area (Å²) in [5.41, 5.74) is 0. The number of carbonyl (C=O) groups is 1. The molecular weight excluding hydrogens is 188 g/mol. The highest BCUT2D eigenvalue weighted by Crippen LogP contribution is 2.21. The number of allylic oxidation sites excluding steroid dienone is 2. The number of carbonyl (C=O) groups excluding carboxylic acids is 1. The Balaban J connectivity index is 1.88. The molecule has 0 saturated carbocycles. The van der Waals surface area contributed by atoms with Crippen molar-refractivity contribution in [2.45, 2.75) is 31.7 Å². The fraction of sp³-hybridized carbons (Fsp3) is 0.750. The number of rotatable bonds is 2. The maximum atomic E-state index is 12.1. The van der Waals surface area contributed by atoms with Gasteiger partial charge in [0.25, 0.3) is 0 Å². The van der Waals surface area contributed by atoms with E-state index in [1.165, 1.54) is 6.42 Å². The monoisotopic (exact) mass is 208 g/mol. The van der Waals surface area contributed by atoms with Crippen molar-refractivity contribution in [2.24, 2.45) is 5.92 Å². The van der Waals surface area contributed by atoms with Gasteiger partial charge in [-0.05, 0) is 32.2 Å². The van der Waals surface area contributed by atoms with Crippen molar-refractivity contribution < 1.29 is 4.79 Å². The van der Waals surface area contributed by atoms with Gasteiger partial charge < -0.3 is 10.2 Å². The van der Waals surface area contributed by atoms with E-state index in [1.807, 2.05) is 11.9 Å². The van der Waals surface area contributed by atoms with Crippen LogP contribution < -0.4 is 5.32 Å². The molecule has 1 aliphatic heterocycles. The van der Waals surface area contributed by atoms with E-state index < -0.39 is 0 Å². The smallest absolute Gasteiger partial charge is 0.226 e. The third-order valence-electron chi connectivity index (χ3n) is 3.52. The molecule has 0 aromatic carbocycles. The zero-order valence-electron chi connectivity index (χ0n) is 9.41. The van der Waals surface area contributed by atoms with Gasteiger partial charge in [-0.3, -0.25) is 4.79 Å². The molecule has 0 radical (unpaired) electrons. The van der Waals surface area contributed by atoms with Crippen molar-refractivity contribution >= 4 is 5.91 Å². The van der Waals surface area contributed by atoms with E-state index in [2.05, 4.69) is 17.5 Å². The van der Waals surface area contributed by atoms with Gasteiger partial charge in [0.05, 0.1) is 0 Å². The van der Waals surface area contributed by atoms with E-state index in [0.717, 1.165) is 32.4 Å². The van der Waals surface area contributed by atoms with E-state index in [0.29, 0.717) is 11.9 Å². The molecule has 3 nitrogen and oxygen atoms in total. The van der Waals surface area contributed by atoms with Crippen LogP contribution in [-0.2, 0) is 4.79 Å². The van der Waals surface area contributed by atoms with Gasteiger partial charge >= 0.3 is 0 Å². The second-order valence-electron chi connectivity index (χ2n) is 4.59. The molecule has 84 valence electrons. The summed E-state index contributed by atoms with van der Waals surface area (Å²) in [5, 5.41) is 3.35. The number of nitrogens with one attached hydrogen (secondary N) is 1. The minimum atomic E-state index is 0.219. The fourth-order valence-electron chi connectivity index (χ4n) is 2.45. The molecule has 1 saturated heterocycles. The molecule has 0 bridgehead atoms. The fourth-order valence-corrected chi connectivity index (χ4v) is 2.45. The second kappa shape index (κ2) is 4.79. The number of likely N-dealkylation sites (N-methyl/N-ethyl adjacent to an activating group) is 1. The van der Waals surface area contributed by atoms with Crippen molar-refractivity contribution in [1.29, 1.82) is 0 Å². The van der Waals surface area contributed by atoms with Crippen LogP contribution in [0.5, 0.6) is 0 Å². The van der Waals surface area contributed by atoms with E-state index in [9.17, 15) is 4.79 Å². The van der Waals surface area contributed by atoms with Gasteiger partial charge in [-0.15, -0.1) is 0 Å². The molecule has 1 heterocycles. The molecule has 3 heteroatoms. The molecule has 1 atom stereocenters. The molecule has 15 heavy (non-hydrogen) atoms. The molecule has 2 aliphatic rings. The first-order valence-electron chi connectivity index (χ1n) is 5.91. The summed E-state index contributed by atoms with van der Waals surface area (Å²) in [6.07, 6.45) is 8.44. The van der Waals surface area contributed by atoms with E-state index in [4.69, 9.17) is 0 Å². The first kappa shape index (κ1) is 10.7. The molecule has 1 aliphatic carbocycles. The Morgan fingerprint density at radius 2 is 2.13 bits per heavy atom. The molecule has 0 aromatic heterocycles. The van der Waals surface area contributed by atoms with Crippen molar-refractivity contribution in [1.82, 2.24) is 10.2 Å². The summed E-state index contributed by atoms with van der Waals surface area (Å²) in [7, 11) is 1.96. The summed E-state index contributed by atoms with van der Waals surface area (Å²) in [6, 6.07) is 0.409. The van der Waals surface area contributed by atoms with Crippen LogP contribution in [0.2, 0.25) is 0 Å². The first-order valence-corrected chi connectivity index (χ1v) is 5.91. The van der Waals surface area contributed by atoms with Crippen molar-refractivity contribution in [3.8, 4) is 0 Å². The van der Waals surface area contributed by atoms with E-state index >= 15 is 0 Å². The largest absolute Gasteiger partial charge is 0.341 e. The molecule has 1 unspecified atom stereocenters. The summed E-state index contributed by atoms with van der Waals surface area (Å²) in [6.45, 7) is 2.06. The predicted molar refractivity (Wildman–Crippen MR) is 60.5 cm³/mol. The molecule has 2 rings (SSSR count). The highest BCUT2D eigenvalue weighted by Gasteiger charge is 2.27. The minimum absolute atomic E-state index is 0.219. The Bertz CT molecular complexity index is 248. The van der Waals surface area contributed by atoms with Crippen molar-refractivity contribution in [2.75, 3.05) is 20.1 Å². The topological polar surface area (TPSA) is 32.3 Å². The minimum Gasteiger partial charge on any atom is -0.341 e. The Morgan fingerprint density at radius 1 is 1.40 bits per heavy atom. The van der Waals surface area contributed by atoms with Crippen molar-refractivity contribution in [3.63, 3.8) is 0 Å². The van der Waals surface area contributed by atoms with Crippen LogP contribution >= 0.6 is 0 Å². The zero-order valence-corrected chi connectivity index (χ0v) is 9.41. The van der Waals surface area contributed by atoms with Crippen LogP contribution in [-0.4, -0.2) is 37.0 Å². The SMILES string of the molecule is CN(C(=O)C1CC=CC1)C1CCCNC1. The van der Waals surface area contributed by atoms with Crippen LogP contribution in [0.15, 0.2) is 12.2 Å². The average Bonchev–Trinajstić information content (AvgIpc) is 2.82. The third kappa shape index (κ3) is 2.40. The van der Waals surface area contributed by atoms with Gasteiger partial charge in [0, 0.05) is 25.6 Å². The standard InChI is InChI=1S/C12H20N2O/c1-14(11-7-4-8-13-9-11)12(15)10-5-2-3-6-10/h2-3,10-11,13H,4-9H2,1H3. The van der Waals surface area contributed by atoms with Gasteiger partial charge in [-0.2, -0.15) is 0 Å². The number of nitrogens with zero attached hydrogens (tertiary/aromatic N) is 1. The highest BCUT2D eigenvalue weighted by atomic mass is 16.2. The molecule has 1 fully saturated rings. The van der Waals surface area contributed by atoms with Crippen LogP contribution in [0, 0.1) is 5.92 Å². The van der Waals surface area contributed by atoms with Crippen LogP contribution in [0.3, 0.4) is 0 Å². The van der Waals surface area contributed by atoms with Gasteiger partial charge in [0.2, 0.25) is 5.91 Å². The Hall–Kier alpha value is -0.830. The maximum absolute atomic E-state index is 12.1. The second-order valence-corrected chi connectivity index (χ2v) is 4.59. The van der Waals surface area contributed by atoms with Crippen LogP contribution in [0.25, 0.3) is 0 Å². The Morgan fingerprint density at radius 3 is 2.73 bits per heavy atom. The van der Waals surface area contributed by atoms with Gasteiger partial charge in [-0.1, -0.05) is 12.2 Å². The summed E-state index contributed by atoms with van der Waals surface area (Å²) >= 11 is 0. The van der Waals surface area contributed by atoms with Gasteiger partial charge in [-0.25, -0.2) is 0 Å². The summed E-state index contributed by atoms with van der Waals surface area (Å²) in [5.74, 6) is 0.547. The zero-order chi connectivity index (χ0) is 10.7. The number of piperidine rings is 1. The maximum Gasteiger partial charge on any atom is 0.226 e. The van der Waals surface area contributed by atoms with Crippen LogP contribution in [0.4, 0.5) is 0 Å². The lowest BCUT2D eigenvalue weighted by atomic mass is 10.0. The van der Waals surface area contributed by atoms with Gasteiger partial charge in [0.15, 0.2) is 0 Å². The van der Waals surface area contributed by atoms with Crippen LogP contribution in [0.1, 0.15) is 25.7 Å². The lowest BCUT2D eigenvalue weighted by Gasteiger charge is -2.33. The quantitative estimate of drug-likeness (QED) is 0.691. The number of amides is 1. The van der Waals surface area contributed by atoms with Crippen molar-refractivity contribution in [3.05, 3.63) is 12.2 Å². The molecule has 0 aromatic rings. The summed E-state index contributed by atoms with van der Waals surface area (Å²) in [4.78, 5) is 14.1. The predicted octanol–water partition coefficient (Wildman–Crippen LogP) is 1.16. The normalized spacial score (nSPS) is 26.9. The molecule has 0 spiro atoms. The molecule has 1 N–H and O–H groups in total. The lowest BCUT2D eigenvalue weighted by molar-refractivity contribution is -0.136. The first-order chi connectivity index (χ1) is 7.29. The highest BCUT2D eigenvalue weighted by molar-refractivity contribution is 5.79.